The van der Waals surface area contributed by atoms with Crippen molar-refractivity contribution in [1.82, 2.24) is 0 Å². The minimum absolute atomic E-state index is 0.173. The van der Waals surface area contributed by atoms with Crippen molar-refractivity contribution in [3.63, 3.8) is 0 Å². The van der Waals surface area contributed by atoms with Crippen LogP contribution < -0.4 is 10.2 Å². The fourth-order valence-corrected chi connectivity index (χ4v) is 3.80. The lowest BCUT2D eigenvalue weighted by molar-refractivity contribution is -0.119. The lowest BCUT2D eigenvalue weighted by Crippen LogP contribution is -2.36. The number of hydrogen-bond donors (Lipinski definition) is 1. The summed E-state index contributed by atoms with van der Waals surface area (Å²) in [5.41, 5.74) is 3.07. The van der Waals surface area contributed by atoms with Gasteiger partial charge in [0, 0.05) is 28.9 Å². The third-order valence-electron chi connectivity index (χ3n) is 4.83. The molecule has 4 rings (SSSR count). The molecule has 0 saturated heterocycles. The van der Waals surface area contributed by atoms with Gasteiger partial charge in [-0.2, -0.15) is 0 Å². The first-order valence-electron chi connectivity index (χ1n) is 8.73. The summed E-state index contributed by atoms with van der Waals surface area (Å²) in [5.74, 6) is 0.0738. The molecule has 0 atom stereocenters. The van der Waals surface area contributed by atoms with Crippen LogP contribution in [0, 0.1) is 5.92 Å². The van der Waals surface area contributed by atoms with E-state index in [0.717, 1.165) is 43.5 Å². The largest absolute Gasteiger partial charge is 0.322 e. The van der Waals surface area contributed by atoms with Crippen molar-refractivity contribution in [2.24, 2.45) is 5.92 Å². The van der Waals surface area contributed by atoms with Gasteiger partial charge >= 0.3 is 0 Å². The predicted molar refractivity (Wildman–Crippen MR) is 104 cm³/mol. The molecule has 0 radical (unpaired) electrons. The first-order chi connectivity index (χ1) is 12.5. The van der Waals surface area contributed by atoms with E-state index in [1.165, 1.54) is 0 Å². The second-order valence-corrected chi connectivity index (χ2v) is 7.63. The van der Waals surface area contributed by atoms with E-state index < -0.39 is 0 Å². The van der Waals surface area contributed by atoms with Gasteiger partial charge in [0.25, 0.3) is 5.91 Å². The van der Waals surface area contributed by atoms with Crippen LogP contribution >= 0.6 is 23.2 Å². The number of aryl methyl sites for hydroxylation is 1. The zero-order chi connectivity index (χ0) is 18.3. The average molecular weight is 389 g/mol. The zero-order valence-corrected chi connectivity index (χ0v) is 15.6. The van der Waals surface area contributed by atoms with Crippen LogP contribution in [-0.2, 0) is 11.2 Å². The summed E-state index contributed by atoms with van der Waals surface area (Å²) in [6.07, 6.45) is 3.88. The van der Waals surface area contributed by atoms with Crippen LogP contribution in [0.25, 0.3) is 0 Å². The molecule has 26 heavy (non-hydrogen) atoms. The summed E-state index contributed by atoms with van der Waals surface area (Å²) in [6.45, 7) is 0.739. The topological polar surface area (TPSA) is 49.4 Å². The van der Waals surface area contributed by atoms with Gasteiger partial charge in [0.05, 0.1) is 10.6 Å². The molecule has 1 saturated carbocycles. The number of carbonyl (C=O) groups excluding carboxylic acids is 2. The molecular formula is C20H18Cl2N2O2. The fraction of sp³-hybridized carbons (Fsp3) is 0.300. The summed E-state index contributed by atoms with van der Waals surface area (Å²) >= 11 is 12.0. The maximum atomic E-state index is 12.6. The number of nitrogens with zero attached hydrogens (tertiary/aromatic N) is 1. The molecule has 4 nitrogen and oxygen atoms in total. The number of rotatable bonds is 3. The van der Waals surface area contributed by atoms with Gasteiger partial charge in [-0.3, -0.25) is 9.59 Å². The standard InChI is InChI=1S/C20H18Cl2N2O2/c21-14-6-8-16(17(22)10-14)19(25)23-15-7-5-12-2-1-9-24(18(12)11-15)20(26)13-3-4-13/h5-8,10-11,13H,1-4,9H2,(H,23,25). The Balaban J connectivity index is 1.59. The molecule has 1 N–H and O–H groups in total. The lowest BCUT2D eigenvalue weighted by Gasteiger charge is -2.30. The SMILES string of the molecule is O=C(Nc1ccc2c(c1)N(C(=O)C1CC1)CCC2)c1ccc(Cl)cc1Cl. The molecule has 2 aromatic carbocycles. The van der Waals surface area contributed by atoms with Crippen LogP contribution in [0.3, 0.4) is 0 Å². The third kappa shape index (κ3) is 3.44. The quantitative estimate of drug-likeness (QED) is 0.809. The van der Waals surface area contributed by atoms with Crippen molar-refractivity contribution in [1.29, 1.82) is 0 Å². The first kappa shape index (κ1) is 17.4. The van der Waals surface area contributed by atoms with Gasteiger partial charge in [-0.05, 0) is 61.6 Å². The number of benzene rings is 2. The number of anilines is 2. The molecule has 2 amide bonds. The van der Waals surface area contributed by atoms with E-state index in [9.17, 15) is 9.59 Å². The molecule has 0 spiro atoms. The summed E-state index contributed by atoms with van der Waals surface area (Å²) in [5, 5.41) is 3.65. The normalized spacial score (nSPS) is 16.2. The van der Waals surface area contributed by atoms with Crippen molar-refractivity contribution in [3.8, 4) is 0 Å². The molecule has 2 aromatic rings. The van der Waals surface area contributed by atoms with Crippen LogP contribution in [0.5, 0.6) is 0 Å². The van der Waals surface area contributed by atoms with Crippen LogP contribution in [0.2, 0.25) is 10.0 Å². The molecule has 2 aliphatic rings. The number of hydrogen-bond acceptors (Lipinski definition) is 2. The molecule has 6 heteroatoms. The molecule has 0 bridgehead atoms. The summed E-state index contributed by atoms with van der Waals surface area (Å²) in [7, 11) is 0. The molecule has 1 heterocycles. The summed E-state index contributed by atoms with van der Waals surface area (Å²) in [4.78, 5) is 27.0. The third-order valence-corrected chi connectivity index (χ3v) is 5.38. The number of fused-ring (bicyclic) bond motifs is 1. The fourth-order valence-electron chi connectivity index (χ4n) is 3.30. The Morgan fingerprint density at radius 1 is 1.08 bits per heavy atom. The predicted octanol–water partition coefficient (Wildman–Crippen LogP) is 4.93. The highest BCUT2D eigenvalue weighted by atomic mass is 35.5. The second-order valence-electron chi connectivity index (χ2n) is 6.79. The monoisotopic (exact) mass is 388 g/mol. The summed E-state index contributed by atoms with van der Waals surface area (Å²) in [6, 6.07) is 10.5. The maximum absolute atomic E-state index is 12.6. The molecule has 1 aliphatic carbocycles. The second kappa shape index (κ2) is 6.93. The average Bonchev–Trinajstić information content (AvgIpc) is 3.45. The number of carbonyl (C=O) groups is 2. The van der Waals surface area contributed by atoms with E-state index in [2.05, 4.69) is 5.32 Å². The van der Waals surface area contributed by atoms with Crippen molar-refractivity contribution in [2.45, 2.75) is 25.7 Å². The smallest absolute Gasteiger partial charge is 0.257 e. The molecule has 0 unspecified atom stereocenters. The first-order valence-corrected chi connectivity index (χ1v) is 9.49. The number of nitrogens with one attached hydrogen (secondary N) is 1. The zero-order valence-electron chi connectivity index (χ0n) is 14.1. The Kier molecular flexibility index (Phi) is 4.63. The number of amides is 2. The van der Waals surface area contributed by atoms with Crippen molar-refractivity contribution < 1.29 is 9.59 Å². The van der Waals surface area contributed by atoms with Gasteiger partial charge in [0.1, 0.15) is 0 Å². The van der Waals surface area contributed by atoms with Crippen molar-refractivity contribution in [3.05, 3.63) is 57.6 Å². The van der Waals surface area contributed by atoms with Gasteiger partial charge in [0.2, 0.25) is 5.91 Å². The van der Waals surface area contributed by atoms with Crippen LogP contribution in [0.15, 0.2) is 36.4 Å². The van der Waals surface area contributed by atoms with E-state index >= 15 is 0 Å². The van der Waals surface area contributed by atoms with Crippen molar-refractivity contribution in [2.75, 3.05) is 16.8 Å². The Bertz CT molecular complexity index is 893. The Morgan fingerprint density at radius 3 is 2.62 bits per heavy atom. The molecule has 134 valence electrons. The molecule has 1 fully saturated rings. The van der Waals surface area contributed by atoms with Gasteiger partial charge in [-0.15, -0.1) is 0 Å². The van der Waals surface area contributed by atoms with Gasteiger partial charge in [0.15, 0.2) is 0 Å². The minimum atomic E-state index is -0.303. The highest BCUT2D eigenvalue weighted by molar-refractivity contribution is 6.37. The van der Waals surface area contributed by atoms with Gasteiger partial charge < -0.3 is 10.2 Å². The van der Waals surface area contributed by atoms with Crippen molar-refractivity contribution >= 4 is 46.4 Å². The maximum Gasteiger partial charge on any atom is 0.257 e. The van der Waals surface area contributed by atoms with E-state index in [1.807, 2.05) is 23.1 Å². The Labute approximate surface area is 162 Å². The van der Waals surface area contributed by atoms with Crippen LogP contribution in [-0.4, -0.2) is 18.4 Å². The van der Waals surface area contributed by atoms with Crippen LogP contribution in [0.1, 0.15) is 35.2 Å². The molecule has 0 aromatic heterocycles. The van der Waals surface area contributed by atoms with Gasteiger partial charge in [-0.25, -0.2) is 0 Å². The summed E-state index contributed by atoms with van der Waals surface area (Å²) < 4.78 is 0. The molecular weight excluding hydrogens is 371 g/mol. The van der Waals surface area contributed by atoms with E-state index in [4.69, 9.17) is 23.2 Å². The van der Waals surface area contributed by atoms with E-state index in [0.29, 0.717) is 21.3 Å². The van der Waals surface area contributed by atoms with E-state index in [1.54, 1.807) is 18.2 Å². The molecule has 1 aliphatic heterocycles. The van der Waals surface area contributed by atoms with Gasteiger partial charge in [-0.1, -0.05) is 29.3 Å². The highest BCUT2D eigenvalue weighted by Crippen LogP contribution is 2.37. The number of halogens is 2. The van der Waals surface area contributed by atoms with Crippen LogP contribution in [0.4, 0.5) is 11.4 Å². The lowest BCUT2D eigenvalue weighted by atomic mass is 10.0. The highest BCUT2D eigenvalue weighted by Gasteiger charge is 2.35. The van der Waals surface area contributed by atoms with E-state index in [-0.39, 0.29) is 17.7 Å². The minimum Gasteiger partial charge on any atom is -0.322 e. The Hall–Kier alpha value is -2.04. The Morgan fingerprint density at radius 2 is 1.88 bits per heavy atom.